The number of methoxy groups -OCH3 is 2. The lowest BCUT2D eigenvalue weighted by atomic mass is 10.0. The van der Waals surface area contributed by atoms with Gasteiger partial charge in [0, 0.05) is 29.9 Å². The standard InChI is InChI=1S/C25H22N4O2/c1-30-23-13-19(15-29-25(23)31-2)18-8-9-22-21(12-18)24(20(14-26)16-28-22)27-11-10-17-6-4-3-5-7-17/h3-9,12-13,15-16H,10-11H2,1-2H3,(H,27,28). The molecule has 2 aromatic carbocycles. The van der Waals surface area contributed by atoms with E-state index in [1.165, 1.54) is 5.56 Å². The van der Waals surface area contributed by atoms with Crippen LogP contribution in [0.25, 0.3) is 22.0 Å². The maximum Gasteiger partial charge on any atom is 0.256 e. The Bertz CT molecular complexity index is 1250. The fourth-order valence-corrected chi connectivity index (χ4v) is 3.51. The number of benzene rings is 2. The van der Waals surface area contributed by atoms with Gasteiger partial charge in [0.2, 0.25) is 0 Å². The van der Waals surface area contributed by atoms with Crippen LogP contribution >= 0.6 is 0 Å². The number of rotatable bonds is 7. The molecule has 0 radical (unpaired) electrons. The number of nitrogens with one attached hydrogen (secondary N) is 1. The summed E-state index contributed by atoms with van der Waals surface area (Å²) in [6.45, 7) is 0.708. The van der Waals surface area contributed by atoms with Gasteiger partial charge in [0.1, 0.15) is 6.07 Å². The number of hydrogen-bond donors (Lipinski definition) is 1. The fourth-order valence-electron chi connectivity index (χ4n) is 3.51. The van der Waals surface area contributed by atoms with Gasteiger partial charge in [0.15, 0.2) is 5.75 Å². The van der Waals surface area contributed by atoms with Gasteiger partial charge in [-0.1, -0.05) is 36.4 Å². The lowest BCUT2D eigenvalue weighted by molar-refractivity contribution is 0.343. The summed E-state index contributed by atoms with van der Waals surface area (Å²) in [5.74, 6) is 0.994. The van der Waals surface area contributed by atoms with Crippen LogP contribution < -0.4 is 14.8 Å². The molecule has 0 saturated carbocycles. The number of ether oxygens (including phenoxy) is 2. The Morgan fingerprint density at radius 2 is 1.77 bits per heavy atom. The van der Waals surface area contributed by atoms with Crippen LogP contribution in [0.3, 0.4) is 0 Å². The molecule has 0 aliphatic heterocycles. The highest BCUT2D eigenvalue weighted by molar-refractivity contribution is 5.96. The summed E-state index contributed by atoms with van der Waals surface area (Å²) in [4.78, 5) is 8.78. The molecule has 0 bridgehead atoms. The van der Waals surface area contributed by atoms with Gasteiger partial charge >= 0.3 is 0 Å². The summed E-state index contributed by atoms with van der Waals surface area (Å²) < 4.78 is 10.6. The van der Waals surface area contributed by atoms with Gasteiger partial charge in [-0.15, -0.1) is 0 Å². The molecule has 0 fully saturated rings. The Hall–Kier alpha value is -4.11. The third-order valence-electron chi connectivity index (χ3n) is 5.11. The molecule has 0 aliphatic carbocycles. The van der Waals surface area contributed by atoms with E-state index in [1.807, 2.05) is 42.5 Å². The monoisotopic (exact) mass is 410 g/mol. The van der Waals surface area contributed by atoms with Crippen LogP contribution in [0.15, 0.2) is 67.0 Å². The second-order valence-corrected chi connectivity index (χ2v) is 6.99. The highest BCUT2D eigenvalue weighted by Gasteiger charge is 2.12. The van der Waals surface area contributed by atoms with Crippen molar-refractivity contribution < 1.29 is 9.47 Å². The van der Waals surface area contributed by atoms with Crippen LogP contribution in [0.1, 0.15) is 11.1 Å². The minimum atomic E-state index is 0.434. The normalized spacial score (nSPS) is 10.5. The zero-order valence-electron chi connectivity index (χ0n) is 17.4. The quantitative estimate of drug-likeness (QED) is 0.470. The van der Waals surface area contributed by atoms with Crippen molar-refractivity contribution in [3.8, 4) is 28.8 Å². The van der Waals surface area contributed by atoms with E-state index in [0.29, 0.717) is 23.7 Å². The first-order chi connectivity index (χ1) is 15.2. The molecule has 2 aromatic heterocycles. The van der Waals surface area contributed by atoms with Crippen molar-refractivity contribution in [1.29, 1.82) is 5.26 Å². The van der Waals surface area contributed by atoms with Gasteiger partial charge in [-0.3, -0.25) is 4.98 Å². The number of anilines is 1. The molecule has 4 aromatic rings. The summed E-state index contributed by atoms with van der Waals surface area (Å²) in [6, 6.07) is 20.4. The van der Waals surface area contributed by atoms with Gasteiger partial charge < -0.3 is 14.8 Å². The van der Waals surface area contributed by atoms with Crippen molar-refractivity contribution in [3.05, 3.63) is 78.1 Å². The van der Waals surface area contributed by atoms with Crippen molar-refractivity contribution in [2.45, 2.75) is 6.42 Å². The van der Waals surface area contributed by atoms with E-state index in [1.54, 1.807) is 26.6 Å². The van der Waals surface area contributed by atoms with E-state index in [-0.39, 0.29) is 0 Å². The Morgan fingerprint density at radius 1 is 0.935 bits per heavy atom. The number of fused-ring (bicyclic) bond motifs is 1. The molecule has 2 heterocycles. The predicted molar refractivity (Wildman–Crippen MR) is 121 cm³/mol. The molecule has 6 nitrogen and oxygen atoms in total. The first-order valence-electron chi connectivity index (χ1n) is 9.92. The Morgan fingerprint density at radius 3 is 2.52 bits per heavy atom. The fraction of sp³-hybridized carbons (Fsp3) is 0.160. The van der Waals surface area contributed by atoms with Crippen molar-refractivity contribution in [1.82, 2.24) is 9.97 Å². The van der Waals surface area contributed by atoms with Crippen molar-refractivity contribution >= 4 is 16.6 Å². The molecule has 0 spiro atoms. The van der Waals surface area contributed by atoms with Crippen molar-refractivity contribution in [2.75, 3.05) is 26.1 Å². The third kappa shape index (κ3) is 4.26. The van der Waals surface area contributed by atoms with Crippen molar-refractivity contribution in [2.24, 2.45) is 0 Å². The topological polar surface area (TPSA) is 80.1 Å². The van der Waals surface area contributed by atoms with Gasteiger partial charge in [0.05, 0.1) is 31.0 Å². The minimum absolute atomic E-state index is 0.434. The van der Waals surface area contributed by atoms with Gasteiger partial charge in [-0.25, -0.2) is 4.98 Å². The van der Waals surface area contributed by atoms with E-state index in [0.717, 1.165) is 34.1 Å². The molecular formula is C25H22N4O2. The number of hydrogen-bond acceptors (Lipinski definition) is 6. The first-order valence-corrected chi connectivity index (χ1v) is 9.92. The summed E-state index contributed by atoms with van der Waals surface area (Å²) in [5.41, 5.74) is 5.20. The van der Waals surface area contributed by atoms with Crippen LogP contribution in [0.5, 0.6) is 11.6 Å². The number of aromatic nitrogens is 2. The molecule has 31 heavy (non-hydrogen) atoms. The van der Waals surface area contributed by atoms with E-state index in [2.05, 4.69) is 33.5 Å². The third-order valence-corrected chi connectivity index (χ3v) is 5.11. The molecular weight excluding hydrogens is 388 g/mol. The Balaban J connectivity index is 1.71. The van der Waals surface area contributed by atoms with Gasteiger partial charge in [-0.05, 0) is 35.7 Å². The maximum absolute atomic E-state index is 9.64. The molecule has 0 unspecified atom stereocenters. The molecule has 6 heteroatoms. The molecule has 154 valence electrons. The van der Waals surface area contributed by atoms with Crippen LogP contribution in [-0.4, -0.2) is 30.7 Å². The molecule has 0 atom stereocenters. The second kappa shape index (κ2) is 9.14. The Kier molecular flexibility index (Phi) is 5.95. The van der Waals surface area contributed by atoms with E-state index < -0.39 is 0 Å². The average molecular weight is 410 g/mol. The maximum atomic E-state index is 9.64. The number of pyridine rings is 2. The van der Waals surface area contributed by atoms with E-state index >= 15 is 0 Å². The summed E-state index contributed by atoms with van der Waals surface area (Å²) in [5, 5.41) is 14.0. The molecule has 1 N–H and O–H groups in total. The summed E-state index contributed by atoms with van der Waals surface area (Å²) >= 11 is 0. The van der Waals surface area contributed by atoms with Crippen LogP contribution in [-0.2, 0) is 6.42 Å². The smallest absolute Gasteiger partial charge is 0.256 e. The lowest BCUT2D eigenvalue weighted by Gasteiger charge is -2.13. The molecule has 4 rings (SSSR count). The lowest BCUT2D eigenvalue weighted by Crippen LogP contribution is -2.07. The van der Waals surface area contributed by atoms with E-state index in [4.69, 9.17) is 9.47 Å². The largest absolute Gasteiger partial charge is 0.491 e. The van der Waals surface area contributed by atoms with Crippen LogP contribution in [0.4, 0.5) is 5.69 Å². The second-order valence-electron chi connectivity index (χ2n) is 6.99. The minimum Gasteiger partial charge on any atom is -0.491 e. The van der Waals surface area contributed by atoms with Crippen LogP contribution in [0.2, 0.25) is 0 Å². The average Bonchev–Trinajstić information content (AvgIpc) is 2.84. The first kappa shape index (κ1) is 20.2. The summed E-state index contributed by atoms with van der Waals surface area (Å²) in [7, 11) is 3.14. The van der Waals surface area contributed by atoms with E-state index in [9.17, 15) is 5.26 Å². The zero-order chi connectivity index (χ0) is 21.6. The summed E-state index contributed by atoms with van der Waals surface area (Å²) in [6.07, 6.45) is 4.21. The molecule has 0 aliphatic rings. The highest BCUT2D eigenvalue weighted by atomic mass is 16.5. The highest BCUT2D eigenvalue weighted by Crippen LogP contribution is 2.33. The van der Waals surface area contributed by atoms with Gasteiger partial charge in [0.25, 0.3) is 5.88 Å². The molecule has 0 saturated heterocycles. The zero-order valence-corrected chi connectivity index (χ0v) is 17.4. The predicted octanol–water partition coefficient (Wildman–Crippen LogP) is 4.84. The van der Waals surface area contributed by atoms with Gasteiger partial charge in [-0.2, -0.15) is 5.26 Å². The van der Waals surface area contributed by atoms with Crippen molar-refractivity contribution in [3.63, 3.8) is 0 Å². The number of nitrogens with zero attached hydrogens (tertiary/aromatic N) is 3. The SMILES string of the molecule is COc1cc(-c2ccc3ncc(C#N)c(NCCc4ccccc4)c3c2)cnc1OC. The number of nitriles is 1. The molecule has 0 amide bonds. The van der Waals surface area contributed by atoms with Crippen LogP contribution in [0, 0.1) is 11.3 Å². The Labute approximate surface area is 181 Å².